The maximum atomic E-state index is 11.5. The van der Waals surface area contributed by atoms with Crippen LogP contribution in [0, 0.1) is 6.92 Å². The summed E-state index contributed by atoms with van der Waals surface area (Å²) >= 11 is 1.85. The molecule has 1 N–H and O–H groups in total. The van der Waals surface area contributed by atoms with E-state index in [0.29, 0.717) is 0 Å². The van der Waals surface area contributed by atoms with Crippen LogP contribution in [0.2, 0.25) is 0 Å². The van der Waals surface area contributed by atoms with Crippen LogP contribution in [0.1, 0.15) is 24.5 Å². The van der Waals surface area contributed by atoms with Crippen LogP contribution in [0.5, 0.6) is 0 Å². The zero-order valence-electron chi connectivity index (χ0n) is 11.9. The minimum absolute atomic E-state index is 0.168. The van der Waals surface area contributed by atoms with E-state index in [2.05, 4.69) is 36.5 Å². The van der Waals surface area contributed by atoms with Crippen molar-refractivity contribution in [3.8, 4) is 0 Å². The molecule has 1 unspecified atom stereocenters. The minimum Gasteiger partial charge on any atom is -0.468 e. The van der Waals surface area contributed by atoms with E-state index < -0.39 is 0 Å². The fourth-order valence-corrected chi connectivity index (χ4v) is 2.94. The number of ether oxygens (including phenoxy) is 1. The average Bonchev–Trinajstić information content (AvgIpc) is 2.43. The molecule has 0 saturated carbocycles. The first-order valence-corrected chi connectivity index (χ1v) is 7.78. The van der Waals surface area contributed by atoms with Crippen LogP contribution in [0.15, 0.2) is 24.3 Å². The van der Waals surface area contributed by atoms with E-state index in [1.165, 1.54) is 18.2 Å². The maximum Gasteiger partial charge on any atom is 0.322 e. The smallest absolute Gasteiger partial charge is 0.322 e. The van der Waals surface area contributed by atoms with Gasteiger partial charge < -0.3 is 10.1 Å². The number of thioether (sulfide) groups is 1. The highest BCUT2D eigenvalue weighted by Gasteiger charge is 2.16. The molecule has 0 bridgehead atoms. The zero-order chi connectivity index (χ0) is 14.1. The Morgan fingerprint density at radius 1 is 1.42 bits per heavy atom. The maximum absolute atomic E-state index is 11.5. The standard InChI is InChI=1S/C15H23NO2S/c1-4-16-14(15(17)18-3)9-10-19-11-13-8-6-5-7-12(13)2/h5-8,14,16H,4,9-11H2,1-3H3. The van der Waals surface area contributed by atoms with Crippen molar-refractivity contribution in [1.29, 1.82) is 0 Å². The van der Waals surface area contributed by atoms with Gasteiger partial charge in [-0.3, -0.25) is 4.79 Å². The number of rotatable bonds is 8. The van der Waals surface area contributed by atoms with Gasteiger partial charge in [0.25, 0.3) is 0 Å². The van der Waals surface area contributed by atoms with Crippen molar-refractivity contribution in [3.05, 3.63) is 35.4 Å². The molecule has 0 aliphatic heterocycles. The second kappa shape index (κ2) is 8.99. The van der Waals surface area contributed by atoms with E-state index in [0.717, 1.165) is 24.5 Å². The van der Waals surface area contributed by atoms with E-state index in [9.17, 15) is 4.79 Å². The van der Waals surface area contributed by atoms with E-state index >= 15 is 0 Å². The summed E-state index contributed by atoms with van der Waals surface area (Å²) in [7, 11) is 1.44. The molecular formula is C15H23NO2S. The summed E-state index contributed by atoms with van der Waals surface area (Å²) in [4.78, 5) is 11.5. The van der Waals surface area contributed by atoms with Gasteiger partial charge in [-0.05, 0) is 36.8 Å². The molecule has 0 aliphatic carbocycles. The van der Waals surface area contributed by atoms with Crippen molar-refractivity contribution in [1.82, 2.24) is 5.32 Å². The molecule has 0 saturated heterocycles. The Bertz CT molecular complexity index is 395. The van der Waals surface area contributed by atoms with Crippen molar-refractivity contribution in [3.63, 3.8) is 0 Å². The first-order chi connectivity index (χ1) is 9.19. The lowest BCUT2D eigenvalue weighted by Gasteiger charge is -2.15. The zero-order valence-corrected chi connectivity index (χ0v) is 12.8. The average molecular weight is 281 g/mol. The summed E-state index contributed by atoms with van der Waals surface area (Å²) in [5.41, 5.74) is 2.69. The fourth-order valence-electron chi connectivity index (χ4n) is 1.85. The van der Waals surface area contributed by atoms with Crippen LogP contribution in [-0.4, -0.2) is 31.4 Å². The molecule has 0 fully saturated rings. The molecule has 0 aliphatic rings. The Labute approximate surface area is 120 Å². The predicted molar refractivity (Wildman–Crippen MR) is 81.4 cm³/mol. The van der Waals surface area contributed by atoms with Gasteiger partial charge in [-0.1, -0.05) is 31.2 Å². The molecule has 0 spiro atoms. The first kappa shape index (κ1) is 16.1. The van der Waals surface area contributed by atoms with E-state index in [1.807, 2.05) is 18.7 Å². The van der Waals surface area contributed by atoms with Gasteiger partial charge in [0.1, 0.15) is 6.04 Å². The molecule has 0 heterocycles. The summed E-state index contributed by atoms with van der Waals surface area (Å²) in [5.74, 6) is 1.77. The van der Waals surface area contributed by atoms with Crippen molar-refractivity contribution in [2.45, 2.75) is 32.1 Å². The number of aryl methyl sites for hydroxylation is 1. The number of likely N-dealkylation sites (N-methyl/N-ethyl adjacent to an activating group) is 1. The Morgan fingerprint density at radius 2 is 2.16 bits per heavy atom. The van der Waals surface area contributed by atoms with Gasteiger partial charge in [-0.15, -0.1) is 0 Å². The van der Waals surface area contributed by atoms with Crippen LogP contribution in [0.25, 0.3) is 0 Å². The molecule has 1 aromatic carbocycles. The van der Waals surface area contributed by atoms with Gasteiger partial charge in [0, 0.05) is 5.75 Å². The second-order valence-electron chi connectivity index (χ2n) is 4.40. The monoisotopic (exact) mass is 281 g/mol. The number of hydrogen-bond donors (Lipinski definition) is 1. The molecule has 1 rings (SSSR count). The molecular weight excluding hydrogens is 258 g/mol. The molecule has 1 aromatic rings. The van der Waals surface area contributed by atoms with Crippen LogP contribution in [0.4, 0.5) is 0 Å². The lowest BCUT2D eigenvalue weighted by molar-refractivity contribution is -0.143. The Hall–Kier alpha value is -1.00. The summed E-state index contributed by atoms with van der Waals surface area (Å²) < 4.78 is 4.79. The van der Waals surface area contributed by atoms with E-state index in [-0.39, 0.29) is 12.0 Å². The second-order valence-corrected chi connectivity index (χ2v) is 5.51. The lowest BCUT2D eigenvalue weighted by atomic mass is 10.1. The number of benzene rings is 1. The van der Waals surface area contributed by atoms with Gasteiger partial charge in [-0.25, -0.2) is 0 Å². The number of esters is 1. The Morgan fingerprint density at radius 3 is 2.79 bits per heavy atom. The van der Waals surface area contributed by atoms with Crippen LogP contribution >= 0.6 is 11.8 Å². The van der Waals surface area contributed by atoms with Gasteiger partial charge in [0.05, 0.1) is 7.11 Å². The predicted octanol–water partition coefficient (Wildman–Crippen LogP) is 2.77. The van der Waals surface area contributed by atoms with Crippen molar-refractivity contribution < 1.29 is 9.53 Å². The van der Waals surface area contributed by atoms with Crippen molar-refractivity contribution in [2.75, 3.05) is 19.4 Å². The van der Waals surface area contributed by atoms with Crippen LogP contribution in [0.3, 0.4) is 0 Å². The quantitative estimate of drug-likeness (QED) is 0.587. The van der Waals surface area contributed by atoms with E-state index in [1.54, 1.807) is 0 Å². The Balaban J connectivity index is 2.32. The highest BCUT2D eigenvalue weighted by molar-refractivity contribution is 7.98. The number of carbonyl (C=O) groups is 1. The molecule has 4 heteroatoms. The molecule has 1 atom stereocenters. The van der Waals surface area contributed by atoms with Gasteiger partial charge in [-0.2, -0.15) is 11.8 Å². The normalized spacial score (nSPS) is 12.2. The number of methoxy groups -OCH3 is 1. The van der Waals surface area contributed by atoms with Crippen molar-refractivity contribution >= 4 is 17.7 Å². The minimum atomic E-state index is -0.181. The number of carbonyl (C=O) groups excluding carboxylic acids is 1. The summed E-state index contributed by atoms with van der Waals surface area (Å²) in [6, 6.07) is 8.23. The lowest BCUT2D eigenvalue weighted by Crippen LogP contribution is -2.37. The highest BCUT2D eigenvalue weighted by atomic mass is 32.2. The first-order valence-electron chi connectivity index (χ1n) is 6.62. The molecule has 19 heavy (non-hydrogen) atoms. The largest absolute Gasteiger partial charge is 0.468 e. The summed E-state index contributed by atoms with van der Waals surface area (Å²) in [6.07, 6.45) is 0.803. The fraction of sp³-hybridized carbons (Fsp3) is 0.533. The molecule has 106 valence electrons. The van der Waals surface area contributed by atoms with Crippen molar-refractivity contribution in [2.24, 2.45) is 0 Å². The summed E-state index contributed by atoms with van der Waals surface area (Å²) in [5, 5.41) is 3.16. The van der Waals surface area contributed by atoms with Crippen LogP contribution in [-0.2, 0) is 15.3 Å². The molecule has 0 radical (unpaired) electrons. The molecule has 0 amide bonds. The number of hydrogen-bond acceptors (Lipinski definition) is 4. The van der Waals surface area contributed by atoms with Crippen LogP contribution < -0.4 is 5.32 Å². The highest BCUT2D eigenvalue weighted by Crippen LogP contribution is 2.17. The topological polar surface area (TPSA) is 38.3 Å². The SMILES string of the molecule is CCNC(CCSCc1ccccc1C)C(=O)OC. The third-order valence-electron chi connectivity index (χ3n) is 3.01. The Kier molecular flexibility index (Phi) is 7.60. The van der Waals surface area contributed by atoms with Gasteiger partial charge in [0.2, 0.25) is 0 Å². The third kappa shape index (κ3) is 5.66. The number of nitrogens with one attached hydrogen (secondary N) is 1. The molecule has 0 aromatic heterocycles. The van der Waals surface area contributed by atoms with E-state index in [4.69, 9.17) is 4.74 Å². The molecule has 3 nitrogen and oxygen atoms in total. The summed E-state index contributed by atoms with van der Waals surface area (Å²) in [6.45, 7) is 4.91. The van der Waals surface area contributed by atoms with Gasteiger partial charge in [0.15, 0.2) is 0 Å². The van der Waals surface area contributed by atoms with Gasteiger partial charge >= 0.3 is 5.97 Å². The third-order valence-corrected chi connectivity index (χ3v) is 4.05.